The molecule has 1 amide bonds. The lowest BCUT2D eigenvalue weighted by Crippen LogP contribution is -2.41. The number of carbonyl (C=O) groups excluding carboxylic acids is 1. The smallest absolute Gasteiger partial charge is 0.251 e. The molecule has 0 radical (unpaired) electrons. The van der Waals surface area contributed by atoms with Crippen molar-refractivity contribution in [1.29, 1.82) is 0 Å². The van der Waals surface area contributed by atoms with Gasteiger partial charge >= 0.3 is 0 Å². The number of benzene rings is 2. The molecule has 0 spiro atoms. The number of aliphatic imine (C=N–C) groups is 1. The molecule has 0 aliphatic heterocycles. The van der Waals surface area contributed by atoms with E-state index in [2.05, 4.69) is 20.9 Å². The Morgan fingerprint density at radius 2 is 1.67 bits per heavy atom. The Hall–Kier alpha value is -3.42. The summed E-state index contributed by atoms with van der Waals surface area (Å²) < 4.78 is 10.6. The normalized spacial score (nSPS) is 11.0. The molecule has 0 fully saturated rings. The molecule has 4 N–H and O–H groups in total. The molecule has 8 nitrogen and oxygen atoms in total. The number of methoxy groups -OCH3 is 2. The predicted molar refractivity (Wildman–Crippen MR) is 118 cm³/mol. The first-order valence-electron chi connectivity index (χ1n) is 9.87. The third-order valence-electron chi connectivity index (χ3n) is 4.30. The van der Waals surface area contributed by atoms with Gasteiger partial charge in [-0.05, 0) is 55.3 Å². The highest BCUT2D eigenvalue weighted by molar-refractivity contribution is 5.94. The highest BCUT2D eigenvalue weighted by Crippen LogP contribution is 2.27. The van der Waals surface area contributed by atoms with Crippen LogP contribution in [0.25, 0.3) is 0 Å². The summed E-state index contributed by atoms with van der Waals surface area (Å²) in [5.74, 6) is 2.04. The van der Waals surface area contributed by atoms with Gasteiger partial charge in [-0.1, -0.05) is 6.07 Å². The van der Waals surface area contributed by atoms with E-state index in [1.54, 1.807) is 26.4 Å². The van der Waals surface area contributed by atoms with Gasteiger partial charge in [0.1, 0.15) is 5.75 Å². The van der Waals surface area contributed by atoms with Crippen LogP contribution >= 0.6 is 0 Å². The lowest BCUT2D eigenvalue weighted by Gasteiger charge is -2.12. The van der Waals surface area contributed by atoms with Crippen molar-refractivity contribution in [2.45, 2.75) is 13.3 Å². The molecule has 30 heavy (non-hydrogen) atoms. The minimum atomic E-state index is -0.188. The molecule has 0 aliphatic rings. The zero-order valence-electron chi connectivity index (χ0n) is 17.7. The second-order valence-corrected chi connectivity index (χ2v) is 6.43. The minimum absolute atomic E-state index is 0.132. The Kier molecular flexibility index (Phi) is 9.30. The average molecular weight is 415 g/mol. The topological polar surface area (TPSA) is 104 Å². The number of nitrogens with one attached hydrogen (secondary N) is 3. The largest absolute Gasteiger partial charge is 0.508 e. The number of aromatic hydroxyl groups is 1. The molecule has 162 valence electrons. The Morgan fingerprint density at radius 1 is 0.967 bits per heavy atom. The third-order valence-corrected chi connectivity index (χ3v) is 4.30. The fourth-order valence-corrected chi connectivity index (χ4v) is 2.75. The molecule has 0 heterocycles. The van der Waals surface area contributed by atoms with Crippen molar-refractivity contribution in [2.75, 3.05) is 40.4 Å². The summed E-state index contributed by atoms with van der Waals surface area (Å²) in [6.07, 6.45) is 0.758. The minimum Gasteiger partial charge on any atom is -0.508 e. The van der Waals surface area contributed by atoms with Crippen LogP contribution in [0.5, 0.6) is 17.2 Å². The maximum absolute atomic E-state index is 12.1. The Balaban J connectivity index is 1.80. The van der Waals surface area contributed by atoms with E-state index in [1.807, 2.05) is 25.1 Å². The second kappa shape index (κ2) is 12.2. The summed E-state index contributed by atoms with van der Waals surface area (Å²) in [5.41, 5.74) is 1.61. The highest BCUT2D eigenvalue weighted by atomic mass is 16.5. The van der Waals surface area contributed by atoms with Crippen molar-refractivity contribution >= 4 is 11.9 Å². The summed E-state index contributed by atoms with van der Waals surface area (Å²) in [6.45, 7) is 4.32. The van der Waals surface area contributed by atoms with Gasteiger partial charge < -0.3 is 30.5 Å². The molecule has 0 unspecified atom stereocenters. The van der Waals surface area contributed by atoms with Gasteiger partial charge in [-0.3, -0.25) is 9.79 Å². The average Bonchev–Trinajstić information content (AvgIpc) is 2.76. The van der Waals surface area contributed by atoms with E-state index in [0.29, 0.717) is 42.7 Å². The van der Waals surface area contributed by atoms with Gasteiger partial charge in [0.2, 0.25) is 0 Å². The van der Waals surface area contributed by atoms with E-state index in [4.69, 9.17) is 9.47 Å². The molecule has 0 bridgehead atoms. The van der Waals surface area contributed by atoms with Crippen LogP contribution in [0.3, 0.4) is 0 Å². The van der Waals surface area contributed by atoms with Gasteiger partial charge in [0.25, 0.3) is 5.91 Å². The van der Waals surface area contributed by atoms with Crippen LogP contribution in [0.2, 0.25) is 0 Å². The van der Waals surface area contributed by atoms with Crippen LogP contribution in [0, 0.1) is 0 Å². The standard InChI is InChI=1S/C22H30N4O4/c1-4-23-22(25-12-11-16-5-10-19(29-2)20(15-16)30-3)26-14-13-24-21(28)17-6-8-18(27)9-7-17/h5-10,15,27H,4,11-14H2,1-3H3,(H,24,28)(H2,23,25,26). The van der Waals surface area contributed by atoms with E-state index in [1.165, 1.54) is 12.1 Å². The quantitative estimate of drug-likeness (QED) is 0.269. The number of phenolic OH excluding ortho intramolecular Hbond substituents is 1. The molecule has 0 atom stereocenters. The van der Waals surface area contributed by atoms with Crippen molar-refractivity contribution in [3.63, 3.8) is 0 Å². The lowest BCUT2D eigenvalue weighted by atomic mass is 10.1. The van der Waals surface area contributed by atoms with Gasteiger partial charge in [-0.2, -0.15) is 0 Å². The second-order valence-electron chi connectivity index (χ2n) is 6.43. The van der Waals surface area contributed by atoms with Crippen molar-refractivity contribution in [3.8, 4) is 17.2 Å². The molecule has 2 rings (SSSR count). The molecule has 0 aromatic heterocycles. The molecule has 8 heteroatoms. The van der Waals surface area contributed by atoms with E-state index >= 15 is 0 Å². The summed E-state index contributed by atoms with van der Waals surface area (Å²) >= 11 is 0. The van der Waals surface area contributed by atoms with Crippen molar-refractivity contribution in [2.24, 2.45) is 4.99 Å². The number of nitrogens with zero attached hydrogens (tertiary/aromatic N) is 1. The first-order chi connectivity index (χ1) is 14.6. The first-order valence-corrected chi connectivity index (χ1v) is 9.87. The fraction of sp³-hybridized carbons (Fsp3) is 0.364. The van der Waals surface area contributed by atoms with Crippen LogP contribution in [-0.2, 0) is 6.42 Å². The van der Waals surface area contributed by atoms with Crippen LogP contribution in [0.4, 0.5) is 0 Å². The summed E-state index contributed by atoms with van der Waals surface area (Å²) in [5, 5.41) is 18.5. The summed E-state index contributed by atoms with van der Waals surface area (Å²) in [4.78, 5) is 16.6. The van der Waals surface area contributed by atoms with Gasteiger partial charge in [0.15, 0.2) is 17.5 Å². The van der Waals surface area contributed by atoms with Gasteiger partial charge in [-0.25, -0.2) is 0 Å². The van der Waals surface area contributed by atoms with Gasteiger partial charge in [-0.15, -0.1) is 0 Å². The van der Waals surface area contributed by atoms with Crippen LogP contribution in [0.1, 0.15) is 22.8 Å². The number of guanidine groups is 1. The van der Waals surface area contributed by atoms with Crippen LogP contribution in [-0.4, -0.2) is 57.4 Å². The number of amides is 1. The van der Waals surface area contributed by atoms with E-state index in [9.17, 15) is 9.90 Å². The zero-order chi connectivity index (χ0) is 21.8. The van der Waals surface area contributed by atoms with Crippen molar-refractivity contribution in [1.82, 2.24) is 16.0 Å². The number of carbonyl (C=O) groups is 1. The number of hydrogen-bond donors (Lipinski definition) is 4. The summed E-state index contributed by atoms with van der Waals surface area (Å²) in [6, 6.07) is 12.0. The maximum Gasteiger partial charge on any atom is 0.251 e. The molecule has 0 aliphatic carbocycles. The predicted octanol–water partition coefficient (Wildman–Crippen LogP) is 1.94. The van der Waals surface area contributed by atoms with E-state index in [-0.39, 0.29) is 11.7 Å². The molecule has 0 saturated heterocycles. The van der Waals surface area contributed by atoms with Crippen LogP contribution in [0.15, 0.2) is 47.5 Å². The molecule has 0 saturated carbocycles. The summed E-state index contributed by atoms with van der Waals surface area (Å²) in [7, 11) is 3.23. The number of phenols is 1. The Labute approximate surface area is 177 Å². The van der Waals surface area contributed by atoms with Gasteiger partial charge in [0, 0.05) is 31.7 Å². The molecular weight excluding hydrogens is 384 g/mol. The lowest BCUT2D eigenvalue weighted by molar-refractivity contribution is 0.0954. The Bertz CT molecular complexity index is 838. The SMILES string of the molecule is CCNC(=NCCc1ccc(OC)c(OC)c1)NCCNC(=O)c1ccc(O)cc1. The molecule has 2 aromatic carbocycles. The van der Waals surface area contributed by atoms with Crippen molar-refractivity contribution < 1.29 is 19.4 Å². The third kappa shape index (κ3) is 7.20. The zero-order valence-corrected chi connectivity index (χ0v) is 17.7. The number of hydrogen-bond acceptors (Lipinski definition) is 5. The maximum atomic E-state index is 12.1. The monoisotopic (exact) mass is 414 g/mol. The van der Waals surface area contributed by atoms with Crippen molar-refractivity contribution in [3.05, 3.63) is 53.6 Å². The number of rotatable bonds is 10. The van der Waals surface area contributed by atoms with E-state index in [0.717, 1.165) is 18.5 Å². The number of ether oxygens (including phenoxy) is 2. The highest BCUT2D eigenvalue weighted by Gasteiger charge is 2.06. The first kappa shape index (κ1) is 22.9. The fourth-order valence-electron chi connectivity index (χ4n) is 2.75. The van der Waals surface area contributed by atoms with Gasteiger partial charge in [0.05, 0.1) is 14.2 Å². The van der Waals surface area contributed by atoms with Crippen LogP contribution < -0.4 is 25.4 Å². The molecule has 2 aromatic rings. The van der Waals surface area contributed by atoms with E-state index < -0.39 is 0 Å². The Morgan fingerprint density at radius 3 is 2.33 bits per heavy atom. The molecular formula is C22H30N4O4.